The number of allylic oxidation sites excluding steroid dienone is 1. The molecule has 48 valence electrons. The minimum absolute atomic E-state index is 0.648. The molecule has 0 spiro atoms. The van der Waals surface area contributed by atoms with Gasteiger partial charge in [0.1, 0.15) is 0 Å². The van der Waals surface area contributed by atoms with E-state index in [1.165, 1.54) is 5.57 Å². The van der Waals surface area contributed by atoms with Crippen LogP contribution in [0, 0.1) is 11.8 Å². The monoisotopic (exact) mass is 112 g/mol. The molecule has 8 heavy (non-hydrogen) atoms. The van der Waals surface area contributed by atoms with E-state index in [4.69, 9.17) is 0 Å². The Morgan fingerprint density at radius 3 is 1.25 bits per heavy atom. The molecule has 0 fully saturated rings. The Bertz CT molecular complexity index is 68.0. The highest BCUT2D eigenvalue weighted by atomic mass is 14.1. The lowest BCUT2D eigenvalue weighted by atomic mass is 9.95. The molecule has 0 aromatic carbocycles. The third-order valence-electron chi connectivity index (χ3n) is 1.48. The molecule has 0 aliphatic carbocycles. The van der Waals surface area contributed by atoms with Crippen molar-refractivity contribution >= 4 is 0 Å². The van der Waals surface area contributed by atoms with Gasteiger partial charge in [0, 0.05) is 0 Å². The predicted molar refractivity (Wildman–Crippen MR) is 38.8 cm³/mol. The highest BCUT2D eigenvalue weighted by Crippen LogP contribution is 2.15. The molecule has 0 radical (unpaired) electrons. The third-order valence-corrected chi connectivity index (χ3v) is 1.48. The molecule has 0 rings (SSSR count). The van der Waals surface area contributed by atoms with Crippen LogP contribution in [0.15, 0.2) is 12.2 Å². The molecule has 0 heteroatoms. The van der Waals surface area contributed by atoms with Crippen molar-refractivity contribution in [3.63, 3.8) is 0 Å². The first-order valence-corrected chi connectivity index (χ1v) is 3.24. The van der Waals surface area contributed by atoms with E-state index in [2.05, 4.69) is 34.3 Å². The van der Waals surface area contributed by atoms with Gasteiger partial charge in [-0.05, 0) is 11.8 Å². The Hall–Kier alpha value is -0.260. The van der Waals surface area contributed by atoms with E-state index in [9.17, 15) is 0 Å². The summed E-state index contributed by atoms with van der Waals surface area (Å²) in [6.07, 6.45) is 0. The van der Waals surface area contributed by atoms with Crippen molar-refractivity contribution in [3.05, 3.63) is 12.2 Å². The Balaban J connectivity index is 3.65. The van der Waals surface area contributed by atoms with Crippen LogP contribution in [-0.2, 0) is 0 Å². The Labute approximate surface area is 52.6 Å². The first-order valence-electron chi connectivity index (χ1n) is 3.24. The maximum atomic E-state index is 3.95. The van der Waals surface area contributed by atoms with Crippen LogP contribution < -0.4 is 0 Å². The van der Waals surface area contributed by atoms with Gasteiger partial charge >= 0.3 is 0 Å². The van der Waals surface area contributed by atoms with Gasteiger partial charge in [-0.2, -0.15) is 0 Å². The van der Waals surface area contributed by atoms with Gasteiger partial charge in [0.25, 0.3) is 0 Å². The quantitative estimate of drug-likeness (QED) is 0.482. The van der Waals surface area contributed by atoms with Crippen molar-refractivity contribution in [2.75, 3.05) is 0 Å². The van der Waals surface area contributed by atoms with Crippen molar-refractivity contribution in [3.8, 4) is 0 Å². The Kier molecular flexibility index (Phi) is 2.81. The van der Waals surface area contributed by atoms with E-state index in [-0.39, 0.29) is 0 Å². The van der Waals surface area contributed by atoms with Gasteiger partial charge < -0.3 is 0 Å². The first kappa shape index (κ1) is 7.74. The summed E-state index contributed by atoms with van der Waals surface area (Å²) < 4.78 is 0. The summed E-state index contributed by atoms with van der Waals surface area (Å²) in [5.74, 6) is 1.30. The van der Waals surface area contributed by atoms with Crippen LogP contribution in [0.5, 0.6) is 0 Å². The fraction of sp³-hybridized carbons (Fsp3) is 0.750. The minimum Gasteiger partial charge on any atom is -0.0993 e. The maximum absolute atomic E-state index is 3.95. The zero-order valence-electron chi connectivity index (χ0n) is 6.36. The van der Waals surface area contributed by atoms with E-state index in [1.54, 1.807) is 0 Å². The number of hydrogen-bond acceptors (Lipinski definition) is 0. The summed E-state index contributed by atoms with van der Waals surface area (Å²) in [6.45, 7) is 12.7. The van der Waals surface area contributed by atoms with Crippen LogP contribution in [0.3, 0.4) is 0 Å². The van der Waals surface area contributed by atoms with Crippen molar-refractivity contribution in [2.45, 2.75) is 27.7 Å². The van der Waals surface area contributed by atoms with Gasteiger partial charge in [-0.25, -0.2) is 0 Å². The van der Waals surface area contributed by atoms with Gasteiger partial charge in [-0.1, -0.05) is 39.8 Å². The largest absolute Gasteiger partial charge is 0.0993 e. The van der Waals surface area contributed by atoms with Gasteiger partial charge in [0.15, 0.2) is 0 Å². The Morgan fingerprint density at radius 2 is 1.25 bits per heavy atom. The van der Waals surface area contributed by atoms with Gasteiger partial charge in [0.2, 0.25) is 0 Å². The normalized spacial score (nSPS) is 10.8. The zero-order chi connectivity index (χ0) is 6.73. The van der Waals surface area contributed by atoms with Crippen molar-refractivity contribution < 1.29 is 0 Å². The fourth-order valence-electron chi connectivity index (χ4n) is 0.667. The molecule has 0 saturated heterocycles. The molecule has 0 amide bonds. The van der Waals surface area contributed by atoms with Crippen LogP contribution in [0.1, 0.15) is 27.7 Å². The molecular formula is C8H16. The van der Waals surface area contributed by atoms with Gasteiger partial charge in [0.05, 0.1) is 0 Å². The molecule has 0 N–H and O–H groups in total. The lowest BCUT2D eigenvalue weighted by Crippen LogP contribution is -1.99. The first-order chi connectivity index (χ1) is 3.55. The predicted octanol–water partition coefficient (Wildman–Crippen LogP) is 2.85. The fourth-order valence-corrected chi connectivity index (χ4v) is 0.667. The summed E-state index contributed by atoms with van der Waals surface area (Å²) in [4.78, 5) is 0. The number of rotatable bonds is 2. The van der Waals surface area contributed by atoms with E-state index < -0.39 is 0 Å². The highest BCUT2D eigenvalue weighted by molar-refractivity contribution is 4.99. The summed E-state index contributed by atoms with van der Waals surface area (Å²) in [5, 5.41) is 0. The number of hydrogen-bond donors (Lipinski definition) is 0. The molecule has 0 atom stereocenters. The van der Waals surface area contributed by atoms with E-state index in [0.29, 0.717) is 11.8 Å². The molecule has 0 saturated carbocycles. The summed E-state index contributed by atoms with van der Waals surface area (Å²) in [5.41, 5.74) is 1.35. The average molecular weight is 112 g/mol. The lowest BCUT2D eigenvalue weighted by Gasteiger charge is -2.11. The molecular weight excluding hydrogens is 96.1 g/mol. The molecule has 0 nitrogen and oxygen atoms in total. The highest BCUT2D eigenvalue weighted by Gasteiger charge is 2.02. The standard InChI is InChI=1S/C8H16/c1-6(2)8(5)7(3)4/h6-7H,5H2,1-4H3. The summed E-state index contributed by atoms with van der Waals surface area (Å²) in [6, 6.07) is 0. The minimum atomic E-state index is 0.648. The second-order valence-corrected chi connectivity index (χ2v) is 2.88. The Morgan fingerprint density at radius 1 is 1.00 bits per heavy atom. The van der Waals surface area contributed by atoms with Crippen molar-refractivity contribution in [2.24, 2.45) is 11.8 Å². The van der Waals surface area contributed by atoms with Gasteiger partial charge in [-0.3, -0.25) is 0 Å². The van der Waals surface area contributed by atoms with E-state index in [0.717, 1.165) is 0 Å². The summed E-state index contributed by atoms with van der Waals surface area (Å²) >= 11 is 0. The second-order valence-electron chi connectivity index (χ2n) is 2.88. The summed E-state index contributed by atoms with van der Waals surface area (Å²) in [7, 11) is 0. The molecule has 0 bridgehead atoms. The van der Waals surface area contributed by atoms with Crippen molar-refractivity contribution in [1.29, 1.82) is 0 Å². The molecule has 0 unspecified atom stereocenters. The van der Waals surface area contributed by atoms with E-state index in [1.807, 2.05) is 0 Å². The molecule has 0 heterocycles. The van der Waals surface area contributed by atoms with Gasteiger partial charge in [-0.15, -0.1) is 0 Å². The average Bonchev–Trinajstić information content (AvgIpc) is 1.64. The second kappa shape index (κ2) is 2.91. The van der Waals surface area contributed by atoms with Crippen molar-refractivity contribution in [1.82, 2.24) is 0 Å². The van der Waals surface area contributed by atoms with Crippen LogP contribution in [0.4, 0.5) is 0 Å². The maximum Gasteiger partial charge on any atom is -0.0260 e. The van der Waals surface area contributed by atoms with Crippen LogP contribution in [0.2, 0.25) is 0 Å². The third kappa shape index (κ3) is 2.15. The smallest absolute Gasteiger partial charge is 0.0260 e. The SMILES string of the molecule is C=C(C(C)C)C(C)C. The molecule has 0 aliphatic rings. The van der Waals surface area contributed by atoms with E-state index >= 15 is 0 Å². The molecule has 0 aromatic rings. The van der Waals surface area contributed by atoms with Crippen LogP contribution >= 0.6 is 0 Å². The lowest BCUT2D eigenvalue weighted by molar-refractivity contribution is 0.630. The molecule has 0 aromatic heterocycles. The molecule has 0 aliphatic heterocycles. The topological polar surface area (TPSA) is 0 Å². The van der Waals surface area contributed by atoms with Crippen LogP contribution in [0.25, 0.3) is 0 Å². The van der Waals surface area contributed by atoms with Crippen LogP contribution in [-0.4, -0.2) is 0 Å². The zero-order valence-corrected chi connectivity index (χ0v) is 6.36.